The zero-order valence-electron chi connectivity index (χ0n) is 10.7. The quantitative estimate of drug-likeness (QED) is 0.775. The molecular weight excluding hydrogens is 266 g/mol. The molecule has 0 radical (unpaired) electrons. The van der Waals surface area contributed by atoms with E-state index in [1.165, 1.54) is 18.7 Å². The fourth-order valence-electron chi connectivity index (χ4n) is 2.52. The van der Waals surface area contributed by atoms with Crippen molar-refractivity contribution in [3.63, 3.8) is 0 Å². The molecule has 1 amide bonds. The number of amides is 1. The van der Waals surface area contributed by atoms with Crippen LogP contribution in [-0.4, -0.2) is 23.5 Å². The molecule has 0 bridgehead atoms. The maximum Gasteiger partial charge on any atom is 0.251 e. The molecule has 2 rings (SSSR count). The topological polar surface area (TPSA) is 88.0 Å². The molecule has 1 heterocycles. The lowest BCUT2D eigenvalue weighted by molar-refractivity contribution is 0.0908. The summed E-state index contributed by atoms with van der Waals surface area (Å²) in [6, 6.07) is 3.06. The molecule has 19 heavy (non-hydrogen) atoms. The monoisotopic (exact) mass is 285 g/mol. The first-order chi connectivity index (χ1) is 8.70. The first-order valence-corrected chi connectivity index (χ1v) is 6.40. The van der Waals surface area contributed by atoms with Crippen LogP contribution in [0.4, 0.5) is 0 Å². The summed E-state index contributed by atoms with van der Waals surface area (Å²) in [5.74, 6) is 0.163. The largest absolute Gasteiger partial charge is 0.349 e. The van der Waals surface area contributed by atoms with Crippen LogP contribution in [0.15, 0.2) is 23.1 Å². The summed E-state index contributed by atoms with van der Waals surface area (Å²) >= 11 is 0. The van der Waals surface area contributed by atoms with Gasteiger partial charge in [0.25, 0.3) is 5.91 Å². The van der Waals surface area contributed by atoms with Gasteiger partial charge in [0.05, 0.1) is 0 Å². The van der Waals surface area contributed by atoms with Gasteiger partial charge in [-0.2, -0.15) is 0 Å². The van der Waals surface area contributed by atoms with Crippen molar-refractivity contribution in [2.75, 3.05) is 6.54 Å². The molecule has 1 aliphatic rings. The molecule has 106 valence electrons. The number of nitrogens with one attached hydrogen (secondary N) is 2. The lowest BCUT2D eigenvalue weighted by atomic mass is 9.84. The minimum atomic E-state index is -0.262. The molecule has 2 unspecified atom stereocenters. The predicted molar refractivity (Wildman–Crippen MR) is 76.6 cm³/mol. The SMILES string of the molecule is Cl.NCC1CCCCC1NC(=O)c1cc[nH]c(=O)c1. The summed E-state index contributed by atoms with van der Waals surface area (Å²) in [5, 5.41) is 2.99. The number of hydrogen-bond donors (Lipinski definition) is 3. The Bertz CT molecular complexity index is 475. The molecule has 1 aromatic heterocycles. The fraction of sp³-hybridized carbons (Fsp3) is 0.538. The molecule has 5 nitrogen and oxygen atoms in total. The molecule has 1 aromatic rings. The summed E-state index contributed by atoms with van der Waals surface area (Å²) in [6.45, 7) is 0.598. The van der Waals surface area contributed by atoms with Crippen LogP contribution in [0.5, 0.6) is 0 Å². The lowest BCUT2D eigenvalue weighted by Gasteiger charge is -2.31. The molecule has 1 aliphatic carbocycles. The first kappa shape index (κ1) is 15.7. The van der Waals surface area contributed by atoms with Crippen LogP contribution in [0.1, 0.15) is 36.0 Å². The van der Waals surface area contributed by atoms with E-state index in [1.54, 1.807) is 6.07 Å². The summed E-state index contributed by atoms with van der Waals surface area (Å²) < 4.78 is 0. The van der Waals surface area contributed by atoms with Crippen LogP contribution in [0, 0.1) is 5.92 Å². The average Bonchev–Trinajstić information content (AvgIpc) is 2.39. The van der Waals surface area contributed by atoms with Gasteiger partial charge in [0, 0.05) is 23.9 Å². The Kier molecular flexibility index (Phi) is 6.05. The number of carbonyl (C=O) groups excluding carboxylic acids is 1. The highest BCUT2D eigenvalue weighted by Crippen LogP contribution is 2.23. The van der Waals surface area contributed by atoms with Crippen molar-refractivity contribution in [3.05, 3.63) is 34.2 Å². The van der Waals surface area contributed by atoms with E-state index in [0.717, 1.165) is 19.3 Å². The van der Waals surface area contributed by atoms with Crippen LogP contribution >= 0.6 is 12.4 Å². The van der Waals surface area contributed by atoms with Crippen LogP contribution in [0.3, 0.4) is 0 Å². The van der Waals surface area contributed by atoms with Crippen molar-refractivity contribution in [2.45, 2.75) is 31.7 Å². The Balaban J connectivity index is 0.00000180. The van der Waals surface area contributed by atoms with Gasteiger partial charge in [-0.3, -0.25) is 9.59 Å². The van der Waals surface area contributed by atoms with Crippen molar-refractivity contribution in [1.82, 2.24) is 10.3 Å². The molecule has 0 aliphatic heterocycles. The van der Waals surface area contributed by atoms with Gasteiger partial charge < -0.3 is 16.0 Å². The predicted octanol–water partition coefficient (Wildman–Crippen LogP) is 1.04. The van der Waals surface area contributed by atoms with E-state index in [0.29, 0.717) is 18.0 Å². The number of aromatic amines is 1. The molecule has 4 N–H and O–H groups in total. The van der Waals surface area contributed by atoms with Crippen LogP contribution < -0.4 is 16.6 Å². The smallest absolute Gasteiger partial charge is 0.251 e. The molecule has 1 saturated carbocycles. The van der Waals surface area contributed by atoms with Gasteiger partial charge in [-0.1, -0.05) is 12.8 Å². The van der Waals surface area contributed by atoms with Gasteiger partial charge in [0.1, 0.15) is 0 Å². The first-order valence-electron chi connectivity index (χ1n) is 6.40. The van der Waals surface area contributed by atoms with E-state index in [1.807, 2.05) is 0 Å². The van der Waals surface area contributed by atoms with Crippen molar-refractivity contribution in [2.24, 2.45) is 11.7 Å². The summed E-state index contributed by atoms with van der Waals surface area (Å²) in [5.41, 5.74) is 5.87. The van der Waals surface area contributed by atoms with E-state index < -0.39 is 0 Å². The van der Waals surface area contributed by atoms with Gasteiger partial charge in [-0.15, -0.1) is 12.4 Å². The molecular formula is C13H20ClN3O2. The number of hydrogen-bond acceptors (Lipinski definition) is 3. The minimum Gasteiger partial charge on any atom is -0.349 e. The van der Waals surface area contributed by atoms with Gasteiger partial charge in [-0.05, 0) is 31.4 Å². The van der Waals surface area contributed by atoms with Crippen LogP contribution in [0.2, 0.25) is 0 Å². The van der Waals surface area contributed by atoms with E-state index in [4.69, 9.17) is 5.73 Å². The lowest BCUT2D eigenvalue weighted by Crippen LogP contribution is -2.44. The van der Waals surface area contributed by atoms with E-state index in [-0.39, 0.29) is 29.9 Å². The standard InChI is InChI=1S/C13H19N3O2.ClH/c14-8-10-3-1-2-4-11(10)16-13(18)9-5-6-15-12(17)7-9;/h5-7,10-11H,1-4,8,14H2,(H,15,17)(H,16,18);1H. The molecule has 0 saturated heterocycles. The molecule has 0 spiro atoms. The Morgan fingerprint density at radius 1 is 1.42 bits per heavy atom. The third-order valence-corrected chi connectivity index (χ3v) is 3.57. The number of rotatable bonds is 3. The summed E-state index contributed by atoms with van der Waals surface area (Å²) in [4.78, 5) is 25.7. The third-order valence-electron chi connectivity index (χ3n) is 3.57. The third kappa shape index (κ3) is 4.08. The van der Waals surface area contributed by atoms with E-state index in [9.17, 15) is 9.59 Å². The number of H-pyrrole nitrogens is 1. The van der Waals surface area contributed by atoms with Crippen molar-refractivity contribution in [1.29, 1.82) is 0 Å². The van der Waals surface area contributed by atoms with Gasteiger partial charge in [0.15, 0.2) is 0 Å². The van der Waals surface area contributed by atoms with Gasteiger partial charge >= 0.3 is 0 Å². The second-order valence-electron chi connectivity index (χ2n) is 4.80. The highest BCUT2D eigenvalue weighted by Gasteiger charge is 2.25. The van der Waals surface area contributed by atoms with E-state index >= 15 is 0 Å². The maximum atomic E-state index is 12.0. The highest BCUT2D eigenvalue weighted by atomic mass is 35.5. The summed E-state index contributed by atoms with van der Waals surface area (Å²) in [7, 11) is 0. The number of pyridine rings is 1. The van der Waals surface area contributed by atoms with Crippen molar-refractivity contribution < 1.29 is 4.79 Å². The molecule has 1 fully saturated rings. The Morgan fingerprint density at radius 3 is 2.84 bits per heavy atom. The zero-order valence-corrected chi connectivity index (χ0v) is 11.5. The fourth-order valence-corrected chi connectivity index (χ4v) is 2.52. The molecule has 2 atom stereocenters. The minimum absolute atomic E-state index is 0. The Labute approximate surface area is 118 Å². The molecule has 6 heteroatoms. The average molecular weight is 286 g/mol. The van der Waals surface area contributed by atoms with Crippen LogP contribution in [0.25, 0.3) is 0 Å². The Hall–Kier alpha value is -1.33. The van der Waals surface area contributed by atoms with Crippen molar-refractivity contribution in [3.8, 4) is 0 Å². The molecule has 0 aromatic carbocycles. The number of nitrogens with two attached hydrogens (primary N) is 1. The number of halogens is 1. The van der Waals surface area contributed by atoms with Gasteiger partial charge in [0.2, 0.25) is 5.56 Å². The summed E-state index contributed by atoms with van der Waals surface area (Å²) in [6.07, 6.45) is 5.82. The van der Waals surface area contributed by atoms with Crippen molar-refractivity contribution >= 4 is 18.3 Å². The Morgan fingerprint density at radius 2 is 2.16 bits per heavy atom. The number of carbonyl (C=O) groups is 1. The van der Waals surface area contributed by atoms with Gasteiger partial charge in [-0.25, -0.2) is 0 Å². The highest BCUT2D eigenvalue weighted by molar-refractivity contribution is 5.94. The van der Waals surface area contributed by atoms with E-state index in [2.05, 4.69) is 10.3 Å². The zero-order chi connectivity index (χ0) is 13.0. The normalized spacial score (nSPS) is 22.4. The van der Waals surface area contributed by atoms with Crippen LogP contribution in [-0.2, 0) is 0 Å². The second kappa shape index (κ2) is 7.31. The number of aromatic nitrogens is 1. The second-order valence-corrected chi connectivity index (χ2v) is 4.80. The maximum absolute atomic E-state index is 12.0.